The maximum absolute atomic E-state index is 12.0. The summed E-state index contributed by atoms with van der Waals surface area (Å²) in [4.78, 5) is 27.0. The molecule has 2 aromatic carbocycles. The van der Waals surface area contributed by atoms with Crippen LogP contribution < -0.4 is 10.7 Å². The molecule has 0 radical (unpaired) electrons. The van der Waals surface area contributed by atoms with E-state index in [0.717, 1.165) is 11.1 Å². The Kier molecular flexibility index (Phi) is 5.14. The van der Waals surface area contributed by atoms with E-state index in [1.807, 2.05) is 30.3 Å². The highest BCUT2D eigenvalue weighted by Crippen LogP contribution is 2.14. The van der Waals surface area contributed by atoms with E-state index in [-0.39, 0.29) is 11.8 Å². The smallest absolute Gasteiger partial charge is 0.328 e. The first-order valence-corrected chi connectivity index (χ1v) is 7.72. The molecule has 0 aliphatic carbocycles. The molecule has 3 rings (SSSR count). The van der Waals surface area contributed by atoms with Gasteiger partial charge in [-0.3, -0.25) is 9.59 Å². The Morgan fingerprint density at radius 1 is 1.08 bits per heavy atom. The van der Waals surface area contributed by atoms with E-state index in [1.54, 1.807) is 24.3 Å². The lowest BCUT2D eigenvalue weighted by Crippen LogP contribution is -2.18. The molecule has 2 amide bonds. The van der Waals surface area contributed by atoms with Crippen LogP contribution in [0.3, 0.4) is 0 Å². The summed E-state index contributed by atoms with van der Waals surface area (Å²) in [6, 6.07) is 16.1. The number of nitrogens with one attached hydrogen (secondary N) is 2. The van der Waals surface area contributed by atoms with Crippen molar-refractivity contribution in [3.63, 3.8) is 0 Å². The summed E-state index contributed by atoms with van der Waals surface area (Å²) in [6.45, 7) is 1.44. The van der Waals surface area contributed by atoms with Gasteiger partial charge in [-0.25, -0.2) is 5.43 Å². The number of anilines is 1. The topological polar surface area (TPSA) is 109 Å². The van der Waals surface area contributed by atoms with Gasteiger partial charge in [0.1, 0.15) is 0 Å². The molecule has 0 bridgehead atoms. The fourth-order valence-corrected chi connectivity index (χ4v) is 2.09. The van der Waals surface area contributed by atoms with Gasteiger partial charge in [-0.05, 0) is 17.7 Å². The second-order valence-electron chi connectivity index (χ2n) is 5.29. The van der Waals surface area contributed by atoms with Crippen molar-refractivity contribution in [2.24, 2.45) is 5.10 Å². The molecule has 0 saturated carbocycles. The van der Waals surface area contributed by atoms with Gasteiger partial charge in [0.15, 0.2) is 0 Å². The van der Waals surface area contributed by atoms with Crippen molar-refractivity contribution in [1.82, 2.24) is 15.6 Å². The molecule has 0 fully saturated rings. The summed E-state index contributed by atoms with van der Waals surface area (Å²) in [5.41, 5.74) is 4.50. The minimum absolute atomic E-state index is 0.145. The van der Waals surface area contributed by atoms with Crippen molar-refractivity contribution in [1.29, 1.82) is 0 Å². The normalized spacial score (nSPS) is 10.7. The Hall–Kier alpha value is -3.81. The van der Waals surface area contributed by atoms with E-state index in [9.17, 15) is 9.59 Å². The average molecular weight is 349 g/mol. The van der Waals surface area contributed by atoms with E-state index >= 15 is 0 Å². The van der Waals surface area contributed by atoms with Crippen molar-refractivity contribution in [3.05, 3.63) is 66.1 Å². The summed E-state index contributed by atoms with van der Waals surface area (Å²) in [5, 5.41) is 10.3. The monoisotopic (exact) mass is 349 g/mol. The molecular weight excluding hydrogens is 334 g/mol. The third-order valence-electron chi connectivity index (χ3n) is 3.26. The fourth-order valence-electron chi connectivity index (χ4n) is 2.09. The Bertz CT molecular complexity index is 933. The number of carbonyl (C=O) groups is 2. The zero-order chi connectivity index (χ0) is 18.4. The summed E-state index contributed by atoms with van der Waals surface area (Å²) in [6.07, 6.45) is 1.46. The highest BCUT2D eigenvalue weighted by molar-refractivity contribution is 5.91. The van der Waals surface area contributed by atoms with Crippen molar-refractivity contribution in [3.8, 4) is 11.4 Å². The first kappa shape index (κ1) is 17.0. The van der Waals surface area contributed by atoms with Gasteiger partial charge in [-0.15, -0.1) is 0 Å². The second kappa shape index (κ2) is 7.84. The van der Waals surface area contributed by atoms with Crippen LogP contribution in [0.15, 0.2) is 64.2 Å². The van der Waals surface area contributed by atoms with Crippen LogP contribution in [0.25, 0.3) is 11.4 Å². The van der Waals surface area contributed by atoms with E-state index < -0.39 is 5.91 Å². The molecule has 1 heterocycles. The van der Waals surface area contributed by atoms with Crippen LogP contribution in [0.4, 0.5) is 5.69 Å². The van der Waals surface area contributed by atoms with Crippen LogP contribution in [0.2, 0.25) is 0 Å². The predicted octanol–water partition coefficient (Wildman–Crippen LogP) is 2.46. The molecule has 1 aromatic heterocycles. The zero-order valence-electron chi connectivity index (χ0n) is 13.8. The van der Waals surface area contributed by atoms with Crippen molar-refractivity contribution in [2.45, 2.75) is 6.92 Å². The lowest BCUT2D eigenvalue weighted by molar-refractivity contribution is -0.114. The molecule has 8 heteroatoms. The van der Waals surface area contributed by atoms with E-state index in [4.69, 9.17) is 4.52 Å². The molecule has 0 aliphatic heterocycles. The van der Waals surface area contributed by atoms with Gasteiger partial charge in [0, 0.05) is 18.2 Å². The van der Waals surface area contributed by atoms with Gasteiger partial charge in [0.05, 0.1) is 6.21 Å². The van der Waals surface area contributed by atoms with Crippen LogP contribution in [-0.4, -0.2) is 28.2 Å². The molecule has 130 valence electrons. The second-order valence-corrected chi connectivity index (χ2v) is 5.29. The lowest BCUT2D eigenvalue weighted by atomic mass is 10.2. The quantitative estimate of drug-likeness (QED) is 0.543. The first-order chi connectivity index (χ1) is 12.6. The van der Waals surface area contributed by atoms with Gasteiger partial charge >= 0.3 is 11.8 Å². The first-order valence-electron chi connectivity index (χ1n) is 7.72. The number of benzene rings is 2. The van der Waals surface area contributed by atoms with Crippen molar-refractivity contribution >= 4 is 23.7 Å². The SMILES string of the molecule is CC(=O)Nc1ccc(/C=N/NC(=O)c2nc(-c3ccccc3)no2)cc1. The minimum Gasteiger partial charge on any atom is -0.328 e. The van der Waals surface area contributed by atoms with Crippen molar-refractivity contribution < 1.29 is 14.1 Å². The maximum Gasteiger partial charge on any atom is 0.329 e. The molecule has 0 unspecified atom stereocenters. The van der Waals surface area contributed by atoms with E-state index in [1.165, 1.54) is 13.1 Å². The van der Waals surface area contributed by atoms with Crippen LogP contribution in [0.5, 0.6) is 0 Å². The lowest BCUT2D eigenvalue weighted by Gasteiger charge is -2.01. The standard InChI is InChI=1S/C18H15N5O3/c1-12(24)20-15-9-7-13(8-10-15)11-19-22-17(25)18-21-16(23-26-18)14-5-3-2-4-6-14/h2-11H,1H3,(H,20,24)(H,22,25)/b19-11+. The van der Waals surface area contributed by atoms with Crippen molar-refractivity contribution in [2.75, 3.05) is 5.32 Å². The van der Waals surface area contributed by atoms with Crippen LogP contribution in [0, 0.1) is 0 Å². The average Bonchev–Trinajstić information content (AvgIpc) is 3.14. The number of aromatic nitrogens is 2. The Balaban J connectivity index is 1.59. The maximum atomic E-state index is 12.0. The number of rotatable bonds is 5. The van der Waals surface area contributed by atoms with E-state index in [2.05, 4.69) is 26.0 Å². The third-order valence-corrected chi connectivity index (χ3v) is 3.26. The molecule has 0 spiro atoms. The van der Waals surface area contributed by atoms with Gasteiger partial charge in [0.2, 0.25) is 11.7 Å². The number of nitrogens with zero attached hydrogens (tertiary/aromatic N) is 3. The Labute approximate surface area is 148 Å². The molecule has 0 aliphatic rings. The fraction of sp³-hybridized carbons (Fsp3) is 0.0556. The molecule has 8 nitrogen and oxygen atoms in total. The minimum atomic E-state index is -0.606. The number of amides is 2. The van der Waals surface area contributed by atoms with Gasteiger partial charge in [0.25, 0.3) is 0 Å². The molecule has 26 heavy (non-hydrogen) atoms. The largest absolute Gasteiger partial charge is 0.329 e. The summed E-state index contributed by atoms with van der Waals surface area (Å²) >= 11 is 0. The van der Waals surface area contributed by atoms with Gasteiger partial charge < -0.3 is 9.84 Å². The highest BCUT2D eigenvalue weighted by Gasteiger charge is 2.15. The van der Waals surface area contributed by atoms with Crippen LogP contribution in [-0.2, 0) is 4.79 Å². The zero-order valence-corrected chi connectivity index (χ0v) is 13.8. The van der Waals surface area contributed by atoms with Crippen LogP contribution in [0.1, 0.15) is 23.2 Å². The summed E-state index contributed by atoms with van der Waals surface area (Å²) in [5.74, 6) is -0.603. The Morgan fingerprint density at radius 3 is 2.50 bits per heavy atom. The Morgan fingerprint density at radius 2 is 1.81 bits per heavy atom. The number of hydrogen-bond donors (Lipinski definition) is 2. The molecule has 0 atom stereocenters. The highest BCUT2D eigenvalue weighted by atomic mass is 16.5. The number of hydrogen-bond acceptors (Lipinski definition) is 6. The molecule has 2 N–H and O–H groups in total. The van der Waals surface area contributed by atoms with Gasteiger partial charge in [-0.2, -0.15) is 10.1 Å². The molecule has 0 saturated heterocycles. The molecular formula is C18H15N5O3. The number of carbonyl (C=O) groups excluding carboxylic acids is 2. The van der Waals surface area contributed by atoms with Crippen LogP contribution >= 0.6 is 0 Å². The predicted molar refractivity (Wildman–Crippen MR) is 95.5 cm³/mol. The molecule has 3 aromatic rings. The van der Waals surface area contributed by atoms with E-state index in [0.29, 0.717) is 11.5 Å². The van der Waals surface area contributed by atoms with Gasteiger partial charge in [-0.1, -0.05) is 47.6 Å². The number of hydrazone groups is 1. The summed E-state index contributed by atoms with van der Waals surface area (Å²) < 4.78 is 4.95. The third kappa shape index (κ3) is 4.38. The summed E-state index contributed by atoms with van der Waals surface area (Å²) in [7, 11) is 0.